The van der Waals surface area contributed by atoms with E-state index in [1.807, 2.05) is 13.0 Å². The van der Waals surface area contributed by atoms with Gasteiger partial charge in [0.05, 0.1) is 9.79 Å². The van der Waals surface area contributed by atoms with Gasteiger partial charge in [-0.2, -0.15) is 4.31 Å². The molecule has 152 valence electrons. The Kier molecular flexibility index (Phi) is 6.12. The molecule has 2 aromatic rings. The van der Waals surface area contributed by atoms with Crippen molar-refractivity contribution in [3.05, 3.63) is 53.6 Å². The largest absolute Gasteiger partial charge is 0.280 e. The summed E-state index contributed by atoms with van der Waals surface area (Å²) in [6.07, 6.45) is 3.83. The van der Waals surface area contributed by atoms with Crippen molar-refractivity contribution in [2.24, 2.45) is 0 Å². The SMILES string of the molecule is Cc1ccc(C)c(S(=O)(=O)Nc2ccc(S(=O)(=O)N3CCCCCC3)cc2)c1. The van der Waals surface area contributed by atoms with Crippen LogP contribution in [0.15, 0.2) is 52.3 Å². The summed E-state index contributed by atoms with van der Waals surface area (Å²) in [5, 5.41) is 0. The number of aryl methyl sites for hydroxylation is 2. The third-order valence-electron chi connectivity index (χ3n) is 4.94. The smallest absolute Gasteiger partial charge is 0.262 e. The van der Waals surface area contributed by atoms with Crippen LogP contribution >= 0.6 is 0 Å². The molecule has 0 atom stereocenters. The molecule has 0 saturated carbocycles. The molecular formula is C20H26N2O4S2. The molecule has 1 N–H and O–H groups in total. The lowest BCUT2D eigenvalue weighted by Crippen LogP contribution is -2.31. The van der Waals surface area contributed by atoms with Crippen LogP contribution in [0, 0.1) is 13.8 Å². The standard InChI is InChI=1S/C20H26N2O4S2/c1-16-7-8-17(2)20(15-16)27(23,24)21-18-9-11-19(12-10-18)28(25,26)22-13-5-3-4-6-14-22/h7-12,15,21H,3-6,13-14H2,1-2H3. The zero-order chi connectivity index (χ0) is 20.4. The highest BCUT2D eigenvalue weighted by Crippen LogP contribution is 2.24. The third kappa shape index (κ3) is 4.56. The summed E-state index contributed by atoms with van der Waals surface area (Å²) >= 11 is 0. The van der Waals surface area contributed by atoms with E-state index in [0.717, 1.165) is 31.2 Å². The predicted molar refractivity (Wildman–Crippen MR) is 110 cm³/mol. The Morgan fingerprint density at radius 2 is 1.43 bits per heavy atom. The highest BCUT2D eigenvalue weighted by molar-refractivity contribution is 7.92. The van der Waals surface area contributed by atoms with Gasteiger partial charge in [0.2, 0.25) is 10.0 Å². The van der Waals surface area contributed by atoms with E-state index in [9.17, 15) is 16.8 Å². The maximum Gasteiger partial charge on any atom is 0.262 e. The molecule has 0 aliphatic carbocycles. The summed E-state index contributed by atoms with van der Waals surface area (Å²) in [7, 11) is -7.30. The van der Waals surface area contributed by atoms with Gasteiger partial charge in [-0.25, -0.2) is 16.8 Å². The van der Waals surface area contributed by atoms with Gasteiger partial charge in [-0.15, -0.1) is 0 Å². The molecule has 0 bridgehead atoms. The summed E-state index contributed by atoms with van der Waals surface area (Å²) in [4.78, 5) is 0.401. The van der Waals surface area contributed by atoms with E-state index in [4.69, 9.17) is 0 Å². The van der Waals surface area contributed by atoms with Gasteiger partial charge >= 0.3 is 0 Å². The second-order valence-corrected chi connectivity index (χ2v) is 10.8. The van der Waals surface area contributed by atoms with Crippen LogP contribution in [0.4, 0.5) is 5.69 Å². The topological polar surface area (TPSA) is 83.5 Å². The molecule has 1 aliphatic heterocycles. The van der Waals surface area contributed by atoms with Crippen LogP contribution in [0.25, 0.3) is 0 Å². The molecule has 0 aromatic heterocycles. The Balaban J connectivity index is 1.81. The number of hydrogen-bond acceptors (Lipinski definition) is 4. The van der Waals surface area contributed by atoms with E-state index < -0.39 is 20.0 Å². The van der Waals surface area contributed by atoms with Crippen molar-refractivity contribution in [2.75, 3.05) is 17.8 Å². The van der Waals surface area contributed by atoms with Crippen LogP contribution in [0.1, 0.15) is 36.8 Å². The Hall–Kier alpha value is -1.90. The zero-order valence-corrected chi connectivity index (χ0v) is 17.8. The Morgan fingerprint density at radius 1 is 0.821 bits per heavy atom. The number of nitrogens with one attached hydrogen (secondary N) is 1. The maximum atomic E-state index is 12.8. The molecule has 3 rings (SSSR count). The molecular weight excluding hydrogens is 396 g/mol. The Bertz CT molecular complexity index is 1040. The minimum atomic E-state index is -3.75. The Labute approximate surface area is 167 Å². The van der Waals surface area contributed by atoms with Crippen LogP contribution in [0.5, 0.6) is 0 Å². The van der Waals surface area contributed by atoms with Gasteiger partial charge in [0, 0.05) is 18.8 Å². The van der Waals surface area contributed by atoms with Crippen LogP contribution in [-0.2, 0) is 20.0 Å². The average molecular weight is 423 g/mol. The van der Waals surface area contributed by atoms with Crippen molar-refractivity contribution in [1.82, 2.24) is 4.31 Å². The molecule has 1 saturated heterocycles. The van der Waals surface area contributed by atoms with E-state index >= 15 is 0 Å². The van der Waals surface area contributed by atoms with Gasteiger partial charge in [-0.1, -0.05) is 25.0 Å². The fourth-order valence-electron chi connectivity index (χ4n) is 3.33. The monoisotopic (exact) mass is 422 g/mol. The molecule has 1 fully saturated rings. The first-order valence-corrected chi connectivity index (χ1v) is 12.3. The first kappa shape index (κ1) is 20.8. The molecule has 28 heavy (non-hydrogen) atoms. The fourth-order valence-corrected chi connectivity index (χ4v) is 6.24. The summed E-state index contributed by atoms with van der Waals surface area (Å²) in [5.41, 5.74) is 1.83. The fraction of sp³-hybridized carbons (Fsp3) is 0.400. The van der Waals surface area contributed by atoms with Gasteiger partial charge < -0.3 is 0 Å². The molecule has 0 unspecified atom stereocenters. The first-order chi connectivity index (χ1) is 13.2. The second-order valence-electron chi connectivity index (χ2n) is 7.22. The van der Waals surface area contributed by atoms with E-state index in [-0.39, 0.29) is 9.79 Å². The molecule has 0 amide bonds. The summed E-state index contributed by atoms with van der Waals surface area (Å²) in [6, 6.07) is 11.1. The minimum Gasteiger partial charge on any atom is -0.280 e. The van der Waals surface area contributed by atoms with Gasteiger partial charge in [-0.05, 0) is 68.1 Å². The molecule has 0 radical (unpaired) electrons. The van der Waals surface area contributed by atoms with Crippen molar-refractivity contribution in [2.45, 2.75) is 49.3 Å². The van der Waals surface area contributed by atoms with E-state index in [1.54, 1.807) is 19.1 Å². The third-order valence-corrected chi connectivity index (χ3v) is 8.38. The highest BCUT2D eigenvalue weighted by atomic mass is 32.2. The van der Waals surface area contributed by atoms with Gasteiger partial charge in [0.15, 0.2) is 0 Å². The van der Waals surface area contributed by atoms with Gasteiger partial charge in [0.25, 0.3) is 10.0 Å². The average Bonchev–Trinajstić information content (AvgIpc) is 2.94. The number of nitrogens with zero attached hydrogens (tertiary/aromatic N) is 1. The van der Waals surface area contributed by atoms with E-state index in [0.29, 0.717) is 24.3 Å². The number of rotatable bonds is 5. The molecule has 6 nitrogen and oxygen atoms in total. The number of benzene rings is 2. The summed E-state index contributed by atoms with van der Waals surface area (Å²) in [6.45, 7) is 4.64. The van der Waals surface area contributed by atoms with Crippen molar-refractivity contribution in [3.63, 3.8) is 0 Å². The van der Waals surface area contributed by atoms with Crippen molar-refractivity contribution >= 4 is 25.7 Å². The second kappa shape index (κ2) is 8.23. The minimum absolute atomic E-state index is 0.184. The molecule has 2 aromatic carbocycles. The maximum absolute atomic E-state index is 12.8. The van der Waals surface area contributed by atoms with Crippen molar-refractivity contribution < 1.29 is 16.8 Å². The number of anilines is 1. The highest BCUT2D eigenvalue weighted by Gasteiger charge is 2.25. The first-order valence-electron chi connectivity index (χ1n) is 9.40. The van der Waals surface area contributed by atoms with Crippen LogP contribution in [0.3, 0.4) is 0 Å². The number of sulfonamides is 2. The van der Waals surface area contributed by atoms with Crippen molar-refractivity contribution in [3.8, 4) is 0 Å². The summed E-state index contributed by atoms with van der Waals surface area (Å²) in [5.74, 6) is 0. The van der Waals surface area contributed by atoms with Gasteiger partial charge in [-0.3, -0.25) is 4.72 Å². The van der Waals surface area contributed by atoms with Crippen LogP contribution in [-0.4, -0.2) is 34.2 Å². The van der Waals surface area contributed by atoms with Crippen molar-refractivity contribution in [1.29, 1.82) is 0 Å². The summed E-state index contributed by atoms with van der Waals surface area (Å²) < 4.78 is 55.1. The Morgan fingerprint density at radius 3 is 2.04 bits per heavy atom. The van der Waals surface area contributed by atoms with Crippen LogP contribution in [0.2, 0.25) is 0 Å². The molecule has 1 aliphatic rings. The normalized spacial score (nSPS) is 16.5. The molecule has 1 heterocycles. The number of hydrogen-bond donors (Lipinski definition) is 1. The molecule has 0 spiro atoms. The van der Waals surface area contributed by atoms with Crippen LogP contribution < -0.4 is 4.72 Å². The molecule has 8 heteroatoms. The predicted octanol–water partition coefficient (Wildman–Crippen LogP) is 3.67. The van der Waals surface area contributed by atoms with Gasteiger partial charge in [0.1, 0.15) is 0 Å². The lowest BCUT2D eigenvalue weighted by Gasteiger charge is -2.20. The van der Waals surface area contributed by atoms with E-state index in [1.165, 1.54) is 28.6 Å². The lowest BCUT2D eigenvalue weighted by molar-refractivity contribution is 0.424. The van der Waals surface area contributed by atoms with E-state index in [2.05, 4.69) is 4.72 Å². The zero-order valence-electron chi connectivity index (χ0n) is 16.2. The quantitative estimate of drug-likeness (QED) is 0.797. The lowest BCUT2D eigenvalue weighted by atomic mass is 10.2.